The van der Waals surface area contributed by atoms with Crippen LogP contribution >= 0.6 is 0 Å². The molecule has 94 valence electrons. The van der Waals surface area contributed by atoms with Crippen LogP contribution in [0.5, 0.6) is 0 Å². The third-order valence-electron chi connectivity index (χ3n) is 2.71. The van der Waals surface area contributed by atoms with Gasteiger partial charge in [0.2, 0.25) is 0 Å². The number of aliphatic hydroxyl groups is 1. The van der Waals surface area contributed by atoms with Gasteiger partial charge in [0.05, 0.1) is 5.56 Å². The van der Waals surface area contributed by atoms with Crippen LogP contribution in [0.2, 0.25) is 0 Å². The molecule has 1 aromatic rings. The number of rotatable bonds is 5. The van der Waals surface area contributed by atoms with Gasteiger partial charge in [-0.3, -0.25) is 0 Å². The Labute approximate surface area is 102 Å². The number of hydrogen-bond acceptors (Lipinski definition) is 3. The lowest BCUT2D eigenvalue weighted by Crippen LogP contribution is -2.13. The second kappa shape index (κ2) is 6.40. The number of benzene rings is 1. The van der Waals surface area contributed by atoms with Crippen LogP contribution in [-0.2, 0) is 4.74 Å². The lowest BCUT2D eigenvalue weighted by atomic mass is 9.96. The number of hydrogen-bond donors (Lipinski definition) is 1. The summed E-state index contributed by atoms with van der Waals surface area (Å²) in [5.41, 5.74) is 1.69. The van der Waals surface area contributed by atoms with Crippen molar-refractivity contribution in [1.82, 2.24) is 0 Å². The van der Waals surface area contributed by atoms with E-state index in [2.05, 4.69) is 13.8 Å². The monoisotopic (exact) mass is 236 g/mol. The van der Waals surface area contributed by atoms with Crippen LogP contribution in [0.25, 0.3) is 0 Å². The third-order valence-corrected chi connectivity index (χ3v) is 2.71. The Morgan fingerprint density at radius 2 is 1.88 bits per heavy atom. The molecule has 0 saturated carbocycles. The molecule has 2 atom stereocenters. The highest BCUT2D eigenvalue weighted by Crippen LogP contribution is 2.20. The Bertz CT molecular complexity index is 354. The van der Waals surface area contributed by atoms with Gasteiger partial charge >= 0.3 is 5.97 Å². The fraction of sp³-hybridized carbons (Fsp3) is 0.500. The van der Waals surface area contributed by atoms with E-state index in [-0.39, 0.29) is 0 Å². The first kappa shape index (κ1) is 13.7. The van der Waals surface area contributed by atoms with Crippen molar-refractivity contribution in [2.45, 2.75) is 45.8 Å². The van der Waals surface area contributed by atoms with Gasteiger partial charge < -0.3 is 9.84 Å². The van der Waals surface area contributed by atoms with Crippen LogP contribution in [0, 0.1) is 0 Å². The van der Waals surface area contributed by atoms with Crippen LogP contribution in [0.15, 0.2) is 24.3 Å². The molecule has 0 aliphatic rings. The molecule has 0 heterocycles. The Morgan fingerprint density at radius 3 is 2.35 bits per heavy atom. The molecule has 0 aliphatic carbocycles. The molecule has 0 saturated heterocycles. The number of esters is 1. The zero-order valence-corrected chi connectivity index (χ0v) is 10.6. The van der Waals surface area contributed by atoms with Crippen molar-refractivity contribution in [2.24, 2.45) is 0 Å². The molecule has 1 aromatic carbocycles. The molecule has 0 spiro atoms. The minimum Gasteiger partial charge on any atom is -0.433 e. The van der Waals surface area contributed by atoms with E-state index in [1.54, 1.807) is 12.1 Å². The Hall–Kier alpha value is -1.35. The summed E-state index contributed by atoms with van der Waals surface area (Å²) >= 11 is 0. The maximum Gasteiger partial charge on any atom is 0.340 e. The quantitative estimate of drug-likeness (QED) is 0.631. The first-order chi connectivity index (χ1) is 8.04. The van der Waals surface area contributed by atoms with Crippen molar-refractivity contribution in [1.29, 1.82) is 0 Å². The summed E-state index contributed by atoms with van der Waals surface area (Å²) in [7, 11) is 0. The summed E-state index contributed by atoms with van der Waals surface area (Å²) in [4.78, 5) is 11.5. The van der Waals surface area contributed by atoms with Gasteiger partial charge in [-0.25, -0.2) is 4.79 Å². The van der Waals surface area contributed by atoms with Crippen molar-refractivity contribution in [3.63, 3.8) is 0 Å². The standard InChI is InChI=1S/C14H20O3/c1-4-5-10(2)12-6-8-13(9-7-12)14(16)17-11(3)15/h6-11,15H,4-5H2,1-3H3. The number of aliphatic hydroxyl groups excluding tert-OH is 1. The summed E-state index contributed by atoms with van der Waals surface area (Å²) < 4.78 is 4.70. The minimum absolute atomic E-state index is 0.471. The zero-order chi connectivity index (χ0) is 12.8. The van der Waals surface area contributed by atoms with Crippen LogP contribution in [0.3, 0.4) is 0 Å². The van der Waals surface area contributed by atoms with Gasteiger partial charge in [-0.05, 0) is 37.0 Å². The first-order valence-corrected chi connectivity index (χ1v) is 6.03. The number of carbonyl (C=O) groups is 1. The molecule has 0 aromatic heterocycles. The predicted molar refractivity (Wildman–Crippen MR) is 66.9 cm³/mol. The van der Waals surface area contributed by atoms with Crippen LogP contribution < -0.4 is 0 Å². The first-order valence-electron chi connectivity index (χ1n) is 6.03. The summed E-state index contributed by atoms with van der Waals surface area (Å²) in [6.07, 6.45) is 1.21. The lowest BCUT2D eigenvalue weighted by Gasteiger charge is -2.11. The Balaban J connectivity index is 2.70. The van der Waals surface area contributed by atoms with E-state index in [1.165, 1.54) is 12.5 Å². The summed E-state index contributed by atoms with van der Waals surface area (Å²) in [5, 5.41) is 8.95. The number of ether oxygens (including phenoxy) is 1. The summed E-state index contributed by atoms with van der Waals surface area (Å²) in [6.45, 7) is 5.74. The second-order valence-electron chi connectivity index (χ2n) is 4.32. The lowest BCUT2D eigenvalue weighted by molar-refractivity contribution is -0.0523. The molecule has 0 radical (unpaired) electrons. The van der Waals surface area contributed by atoms with E-state index < -0.39 is 12.3 Å². The maximum atomic E-state index is 11.5. The molecule has 0 bridgehead atoms. The van der Waals surface area contributed by atoms with Crippen molar-refractivity contribution in [3.8, 4) is 0 Å². The highest BCUT2D eigenvalue weighted by molar-refractivity contribution is 5.89. The predicted octanol–water partition coefficient (Wildman–Crippen LogP) is 3.09. The average Bonchev–Trinajstić information content (AvgIpc) is 2.28. The van der Waals surface area contributed by atoms with Crippen molar-refractivity contribution >= 4 is 5.97 Å². The molecule has 1 rings (SSSR count). The largest absolute Gasteiger partial charge is 0.433 e. The van der Waals surface area contributed by atoms with E-state index in [0.29, 0.717) is 11.5 Å². The van der Waals surface area contributed by atoms with Crippen molar-refractivity contribution in [2.75, 3.05) is 0 Å². The van der Waals surface area contributed by atoms with Gasteiger partial charge in [0.15, 0.2) is 6.29 Å². The van der Waals surface area contributed by atoms with E-state index in [0.717, 1.165) is 12.8 Å². The van der Waals surface area contributed by atoms with Crippen molar-refractivity contribution < 1.29 is 14.6 Å². The Kier molecular flexibility index (Phi) is 5.16. The van der Waals surface area contributed by atoms with Gasteiger partial charge in [0.25, 0.3) is 0 Å². The van der Waals surface area contributed by atoms with E-state index in [4.69, 9.17) is 9.84 Å². The molecule has 0 aliphatic heterocycles. The Morgan fingerprint density at radius 1 is 1.29 bits per heavy atom. The normalized spacial score (nSPS) is 14.1. The van der Waals surface area contributed by atoms with Gasteiger partial charge in [-0.15, -0.1) is 0 Å². The fourth-order valence-electron chi connectivity index (χ4n) is 1.77. The molecule has 1 N–H and O–H groups in total. The van der Waals surface area contributed by atoms with E-state index in [9.17, 15) is 4.79 Å². The number of carbonyl (C=O) groups excluding carboxylic acids is 1. The molecular formula is C14H20O3. The minimum atomic E-state index is -1.07. The van der Waals surface area contributed by atoms with Crippen LogP contribution in [0.4, 0.5) is 0 Å². The van der Waals surface area contributed by atoms with Gasteiger partial charge in [0, 0.05) is 0 Å². The smallest absolute Gasteiger partial charge is 0.340 e. The van der Waals surface area contributed by atoms with Gasteiger partial charge in [0.1, 0.15) is 0 Å². The molecule has 3 nitrogen and oxygen atoms in total. The topological polar surface area (TPSA) is 46.5 Å². The third kappa shape index (κ3) is 4.19. The SMILES string of the molecule is CCCC(C)c1ccc(C(=O)OC(C)O)cc1. The van der Waals surface area contributed by atoms with Crippen LogP contribution in [-0.4, -0.2) is 17.4 Å². The fourth-order valence-corrected chi connectivity index (χ4v) is 1.77. The van der Waals surface area contributed by atoms with Crippen LogP contribution in [0.1, 0.15) is 55.5 Å². The second-order valence-corrected chi connectivity index (χ2v) is 4.32. The zero-order valence-electron chi connectivity index (χ0n) is 10.6. The van der Waals surface area contributed by atoms with Gasteiger partial charge in [-0.2, -0.15) is 0 Å². The average molecular weight is 236 g/mol. The molecule has 17 heavy (non-hydrogen) atoms. The highest BCUT2D eigenvalue weighted by atomic mass is 16.6. The van der Waals surface area contributed by atoms with E-state index >= 15 is 0 Å². The highest BCUT2D eigenvalue weighted by Gasteiger charge is 2.10. The molecule has 2 unspecified atom stereocenters. The molecule has 0 fully saturated rings. The maximum absolute atomic E-state index is 11.5. The molecular weight excluding hydrogens is 216 g/mol. The summed E-state index contributed by atoms with van der Waals surface area (Å²) in [5.74, 6) is 0.0107. The van der Waals surface area contributed by atoms with Gasteiger partial charge in [-0.1, -0.05) is 32.4 Å². The summed E-state index contributed by atoms with van der Waals surface area (Å²) in [6, 6.07) is 7.37. The molecule has 0 amide bonds. The van der Waals surface area contributed by atoms with E-state index in [1.807, 2.05) is 12.1 Å². The van der Waals surface area contributed by atoms with Crippen molar-refractivity contribution in [3.05, 3.63) is 35.4 Å². The molecule has 3 heteroatoms.